The van der Waals surface area contributed by atoms with Crippen LogP contribution in [0.2, 0.25) is 0 Å². The summed E-state index contributed by atoms with van der Waals surface area (Å²) in [4.78, 5) is 0. The molecule has 0 radical (unpaired) electrons. The Balaban J connectivity index is 3.47. The van der Waals surface area contributed by atoms with Crippen LogP contribution in [0.4, 0.5) is 0 Å². The van der Waals surface area contributed by atoms with E-state index in [-0.39, 0.29) is 0 Å². The maximum atomic E-state index is 5.26. The Bertz CT molecular complexity index is 430. The average Bonchev–Trinajstić information content (AvgIpc) is 2.10. The van der Waals surface area contributed by atoms with E-state index in [1.165, 1.54) is 10.8 Å². The van der Waals surface area contributed by atoms with Crippen LogP contribution in [-0.2, 0) is 0 Å². The molecule has 0 bridgehead atoms. The molecule has 13 heavy (non-hydrogen) atoms. The summed E-state index contributed by atoms with van der Waals surface area (Å²) in [6, 6.07) is 6.33. The molecule has 0 aliphatic heterocycles. The van der Waals surface area contributed by atoms with Crippen molar-refractivity contribution in [2.45, 2.75) is 20.3 Å². The molecule has 0 heterocycles. The molecular formula is C13H14. The number of hydrogen-bond donors (Lipinski definition) is 0. The number of rotatable bonds is 1. The van der Waals surface area contributed by atoms with Crippen LogP contribution < -0.4 is 10.4 Å². The predicted molar refractivity (Wildman–Crippen MR) is 58.5 cm³/mol. The number of benzene rings is 1. The SMILES string of the molecule is C#C/C=c1/cc(C)cc/c1=C/CC. The van der Waals surface area contributed by atoms with Crippen LogP contribution in [0, 0.1) is 19.3 Å². The summed E-state index contributed by atoms with van der Waals surface area (Å²) in [7, 11) is 0. The summed E-state index contributed by atoms with van der Waals surface area (Å²) < 4.78 is 0. The molecule has 0 aliphatic carbocycles. The third kappa shape index (κ3) is 2.49. The van der Waals surface area contributed by atoms with Crippen LogP contribution in [0.25, 0.3) is 12.2 Å². The average molecular weight is 170 g/mol. The zero-order valence-electron chi connectivity index (χ0n) is 8.17. The van der Waals surface area contributed by atoms with Crippen LogP contribution in [0.3, 0.4) is 0 Å². The lowest BCUT2D eigenvalue weighted by molar-refractivity contribution is 1.27. The van der Waals surface area contributed by atoms with Gasteiger partial charge in [0.2, 0.25) is 0 Å². The van der Waals surface area contributed by atoms with E-state index >= 15 is 0 Å². The van der Waals surface area contributed by atoms with Gasteiger partial charge in [0.25, 0.3) is 0 Å². The third-order valence-corrected chi connectivity index (χ3v) is 1.91. The Morgan fingerprint density at radius 2 is 2.15 bits per heavy atom. The summed E-state index contributed by atoms with van der Waals surface area (Å²) in [6.45, 7) is 4.20. The maximum absolute atomic E-state index is 5.26. The molecule has 0 saturated heterocycles. The normalized spacial score (nSPS) is 13.0. The second kappa shape index (κ2) is 4.52. The van der Waals surface area contributed by atoms with E-state index in [1.807, 2.05) is 6.08 Å². The fourth-order valence-corrected chi connectivity index (χ4v) is 1.31. The number of terminal acetylenes is 1. The molecule has 0 nitrogen and oxygen atoms in total. The van der Waals surface area contributed by atoms with Gasteiger partial charge in [-0.2, -0.15) is 0 Å². The Hall–Kier alpha value is -1.48. The van der Waals surface area contributed by atoms with Gasteiger partial charge in [-0.15, -0.1) is 6.42 Å². The van der Waals surface area contributed by atoms with Gasteiger partial charge in [-0.25, -0.2) is 0 Å². The van der Waals surface area contributed by atoms with Crippen molar-refractivity contribution in [3.63, 3.8) is 0 Å². The first-order valence-corrected chi connectivity index (χ1v) is 4.51. The molecule has 66 valence electrons. The topological polar surface area (TPSA) is 0 Å². The van der Waals surface area contributed by atoms with Crippen LogP contribution in [0.5, 0.6) is 0 Å². The molecule has 0 fully saturated rings. The quantitative estimate of drug-likeness (QED) is 0.562. The molecule has 0 unspecified atom stereocenters. The molecule has 0 N–H and O–H groups in total. The van der Waals surface area contributed by atoms with Crippen molar-refractivity contribution >= 4 is 12.2 Å². The molecular weight excluding hydrogens is 156 g/mol. The van der Waals surface area contributed by atoms with Gasteiger partial charge >= 0.3 is 0 Å². The lowest BCUT2D eigenvalue weighted by Crippen LogP contribution is -2.24. The molecule has 1 aromatic rings. The summed E-state index contributed by atoms with van der Waals surface area (Å²) in [5.74, 6) is 2.57. The highest BCUT2D eigenvalue weighted by Gasteiger charge is 1.85. The van der Waals surface area contributed by atoms with Gasteiger partial charge in [0.15, 0.2) is 0 Å². The van der Waals surface area contributed by atoms with Crippen molar-refractivity contribution in [3.8, 4) is 12.3 Å². The molecule has 0 saturated carbocycles. The van der Waals surface area contributed by atoms with E-state index in [4.69, 9.17) is 6.42 Å². The van der Waals surface area contributed by atoms with E-state index in [1.54, 1.807) is 0 Å². The van der Waals surface area contributed by atoms with Gasteiger partial charge in [0.1, 0.15) is 0 Å². The number of hydrogen-bond acceptors (Lipinski definition) is 0. The number of aryl methyl sites for hydroxylation is 1. The van der Waals surface area contributed by atoms with E-state index in [9.17, 15) is 0 Å². The highest BCUT2D eigenvalue weighted by molar-refractivity contribution is 5.45. The van der Waals surface area contributed by atoms with Gasteiger partial charge in [0, 0.05) is 0 Å². The second-order valence-electron chi connectivity index (χ2n) is 3.06. The standard InChI is InChI=1S/C13H14/c1-4-6-12-9-8-11(3)10-13(12)7-5-2/h2,6-10H,4H2,1,3H3/b12-6-,13-7-. The van der Waals surface area contributed by atoms with E-state index in [2.05, 4.69) is 44.0 Å². The largest absolute Gasteiger partial charge is 0.115 e. The second-order valence-corrected chi connectivity index (χ2v) is 3.06. The monoisotopic (exact) mass is 170 g/mol. The van der Waals surface area contributed by atoms with Crippen molar-refractivity contribution in [1.82, 2.24) is 0 Å². The summed E-state index contributed by atoms with van der Waals surface area (Å²) in [5, 5.41) is 2.37. The lowest BCUT2D eigenvalue weighted by Gasteiger charge is -1.92. The summed E-state index contributed by atoms with van der Waals surface area (Å²) >= 11 is 0. The molecule has 0 spiro atoms. The fraction of sp³-hybridized carbons (Fsp3) is 0.231. The first-order chi connectivity index (χ1) is 6.27. The van der Waals surface area contributed by atoms with Gasteiger partial charge in [0.05, 0.1) is 0 Å². The Morgan fingerprint density at radius 3 is 2.77 bits per heavy atom. The van der Waals surface area contributed by atoms with Crippen LogP contribution in [-0.4, -0.2) is 0 Å². The molecule has 0 atom stereocenters. The Morgan fingerprint density at radius 1 is 1.38 bits per heavy atom. The highest BCUT2D eigenvalue weighted by Crippen LogP contribution is 1.86. The Labute approximate surface area is 79.6 Å². The Kier molecular flexibility index (Phi) is 3.34. The fourth-order valence-electron chi connectivity index (χ4n) is 1.31. The maximum Gasteiger partial charge on any atom is -0.00430 e. The molecule has 0 amide bonds. The molecule has 1 rings (SSSR count). The smallest absolute Gasteiger partial charge is 0.00430 e. The predicted octanol–water partition coefficient (Wildman–Crippen LogP) is 1.60. The van der Waals surface area contributed by atoms with E-state index in [0.29, 0.717) is 0 Å². The summed E-state index contributed by atoms with van der Waals surface area (Å²) in [5.41, 5.74) is 1.25. The van der Waals surface area contributed by atoms with Crippen molar-refractivity contribution in [1.29, 1.82) is 0 Å². The first kappa shape index (κ1) is 9.61. The van der Waals surface area contributed by atoms with Gasteiger partial charge in [-0.05, 0) is 29.9 Å². The molecule has 0 heteroatoms. The van der Waals surface area contributed by atoms with Gasteiger partial charge in [-0.3, -0.25) is 0 Å². The minimum Gasteiger partial charge on any atom is -0.115 e. The van der Waals surface area contributed by atoms with Crippen molar-refractivity contribution < 1.29 is 0 Å². The van der Waals surface area contributed by atoms with E-state index < -0.39 is 0 Å². The van der Waals surface area contributed by atoms with Gasteiger partial charge in [-0.1, -0.05) is 42.7 Å². The minimum absolute atomic E-state index is 1.04. The molecule has 0 aliphatic rings. The summed E-state index contributed by atoms with van der Waals surface area (Å²) in [6.07, 6.45) is 10.3. The van der Waals surface area contributed by atoms with Crippen molar-refractivity contribution in [2.75, 3.05) is 0 Å². The van der Waals surface area contributed by atoms with Crippen LogP contribution >= 0.6 is 0 Å². The first-order valence-electron chi connectivity index (χ1n) is 4.51. The third-order valence-electron chi connectivity index (χ3n) is 1.91. The lowest BCUT2D eigenvalue weighted by atomic mass is 10.1. The van der Waals surface area contributed by atoms with Crippen molar-refractivity contribution in [3.05, 3.63) is 34.2 Å². The molecule has 1 aromatic carbocycles. The zero-order valence-corrected chi connectivity index (χ0v) is 8.17. The van der Waals surface area contributed by atoms with Crippen molar-refractivity contribution in [2.24, 2.45) is 0 Å². The minimum atomic E-state index is 1.04. The molecule has 0 aromatic heterocycles. The highest BCUT2D eigenvalue weighted by atomic mass is 13.9. The zero-order chi connectivity index (χ0) is 9.68. The van der Waals surface area contributed by atoms with E-state index in [0.717, 1.165) is 11.6 Å². The van der Waals surface area contributed by atoms with Crippen LogP contribution in [0.15, 0.2) is 18.2 Å². The van der Waals surface area contributed by atoms with Gasteiger partial charge < -0.3 is 0 Å². The van der Waals surface area contributed by atoms with Crippen LogP contribution in [0.1, 0.15) is 18.9 Å².